The molecule has 0 fully saturated rings. The van der Waals surface area contributed by atoms with E-state index in [0.29, 0.717) is 11.6 Å². The number of nitrogens with zero attached hydrogens (tertiary/aromatic N) is 3. The fraction of sp³-hybridized carbons (Fsp3) is 0.333. The van der Waals surface area contributed by atoms with Crippen LogP contribution in [0.25, 0.3) is 11.3 Å². The van der Waals surface area contributed by atoms with Crippen molar-refractivity contribution >= 4 is 0 Å². The number of hydrogen-bond donors (Lipinski definition) is 0. The van der Waals surface area contributed by atoms with Crippen molar-refractivity contribution in [1.82, 2.24) is 9.55 Å². The summed E-state index contributed by atoms with van der Waals surface area (Å²) in [6.07, 6.45) is 2.81. The van der Waals surface area contributed by atoms with Gasteiger partial charge in [-0.2, -0.15) is 5.26 Å². The van der Waals surface area contributed by atoms with Gasteiger partial charge in [-0.25, -0.2) is 4.98 Å². The summed E-state index contributed by atoms with van der Waals surface area (Å²) in [5.74, 6) is 0.570. The van der Waals surface area contributed by atoms with Crippen LogP contribution in [0.4, 0.5) is 0 Å². The predicted octanol–water partition coefficient (Wildman–Crippen LogP) is 3.47. The first-order valence-corrected chi connectivity index (χ1v) is 6.19. The number of aryl methyl sites for hydroxylation is 1. The van der Waals surface area contributed by atoms with E-state index in [-0.39, 0.29) is 0 Å². The molecule has 1 aromatic carbocycles. The monoisotopic (exact) mass is 239 g/mol. The van der Waals surface area contributed by atoms with Gasteiger partial charge in [0.2, 0.25) is 0 Å². The van der Waals surface area contributed by atoms with Crippen LogP contribution >= 0.6 is 0 Å². The van der Waals surface area contributed by atoms with Crippen LogP contribution in [0.5, 0.6) is 0 Å². The molecule has 0 spiro atoms. The van der Waals surface area contributed by atoms with Crippen LogP contribution in [0.2, 0.25) is 0 Å². The molecule has 1 heterocycles. The molecule has 2 aromatic rings. The van der Waals surface area contributed by atoms with E-state index in [9.17, 15) is 0 Å². The molecule has 0 N–H and O–H groups in total. The van der Waals surface area contributed by atoms with Crippen molar-refractivity contribution < 1.29 is 0 Å². The minimum Gasteiger partial charge on any atom is -0.333 e. The Hall–Kier alpha value is -2.08. The topological polar surface area (TPSA) is 41.6 Å². The zero-order chi connectivity index (χ0) is 13.1. The Labute approximate surface area is 108 Å². The highest BCUT2D eigenvalue weighted by atomic mass is 15.0. The molecule has 1 atom stereocenters. The molecular weight excluding hydrogens is 222 g/mol. The van der Waals surface area contributed by atoms with Gasteiger partial charge in [-0.1, -0.05) is 38.1 Å². The van der Waals surface area contributed by atoms with Gasteiger partial charge < -0.3 is 4.57 Å². The molecule has 0 aliphatic carbocycles. The highest BCUT2D eigenvalue weighted by Crippen LogP contribution is 2.25. The third-order valence-electron chi connectivity index (χ3n) is 3.41. The molecule has 3 heteroatoms. The van der Waals surface area contributed by atoms with Crippen molar-refractivity contribution in [3.05, 3.63) is 41.9 Å². The maximum absolute atomic E-state index is 9.05. The first kappa shape index (κ1) is 12.4. The molecule has 0 aliphatic rings. The summed E-state index contributed by atoms with van der Waals surface area (Å²) < 4.78 is 1.89. The summed E-state index contributed by atoms with van der Waals surface area (Å²) in [7, 11) is 1.91. The lowest BCUT2D eigenvalue weighted by Gasteiger charge is -2.10. The van der Waals surface area contributed by atoms with Crippen molar-refractivity contribution in [2.75, 3.05) is 0 Å². The van der Waals surface area contributed by atoms with Crippen LogP contribution in [0.1, 0.15) is 37.4 Å². The second-order valence-corrected chi connectivity index (χ2v) is 4.60. The number of benzene rings is 1. The summed E-state index contributed by atoms with van der Waals surface area (Å²) in [5, 5.41) is 9.05. The van der Waals surface area contributed by atoms with Gasteiger partial charge in [-0.05, 0) is 17.9 Å². The van der Waals surface area contributed by atoms with Crippen LogP contribution in [0.3, 0.4) is 0 Å². The van der Waals surface area contributed by atoms with E-state index in [1.54, 1.807) is 6.33 Å². The van der Waals surface area contributed by atoms with Crippen LogP contribution in [-0.4, -0.2) is 9.55 Å². The summed E-state index contributed by atoms with van der Waals surface area (Å²) >= 11 is 0. The van der Waals surface area contributed by atoms with E-state index in [1.807, 2.05) is 11.6 Å². The minimum atomic E-state index is 0.480. The molecule has 0 saturated heterocycles. The fourth-order valence-electron chi connectivity index (χ4n) is 2.06. The van der Waals surface area contributed by atoms with Gasteiger partial charge in [0.1, 0.15) is 6.07 Å². The number of aromatic nitrogens is 2. The minimum absolute atomic E-state index is 0.480. The number of rotatable bonds is 3. The van der Waals surface area contributed by atoms with Crippen LogP contribution in [-0.2, 0) is 7.05 Å². The Morgan fingerprint density at radius 2 is 2.00 bits per heavy atom. The molecule has 92 valence electrons. The molecule has 2 rings (SSSR count). The van der Waals surface area contributed by atoms with Crippen LogP contribution in [0.15, 0.2) is 30.6 Å². The first-order chi connectivity index (χ1) is 8.67. The molecule has 0 aliphatic heterocycles. The highest BCUT2D eigenvalue weighted by molar-refractivity contribution is 5.65. The van der Waals surface area contributed by atoms with Crippen molar-refractivity contribution in [3.8, 4) is 17.3 Å². The van der Waals surface area contributed by atoms with Gasteiger partial charge in [0.05, 0.1) is 12.0 Å². The summed E-state index contributed by atoms with van der Waals surface area (Å²) in [6.45, 7) is 4.41. The molecule has 1 aromatic heterocycles. The average Bonchev–Trinajstić information content (AvgIpc) is 2.79. The number of nitriles is 1. The molecular formula is C15H17N3. The smallest absolute Gasteiger partial charge is 0.166 e. The Balaban J connectivity index is 2.41. The lowest BCUT2D eigenvalue weighted by Crippen LogP contribution is -1.94. The van der Waals surface area contributed by atoms with Crippen molar-refractivity contribution in [2.45, 2.75) is 26.2 Å². The highest BCUT2D eigenvalue weighted by Gasteiger charge is 2.11. The summed E-state index contributed by atoms with van der Waals surface area (Å²) in [5.41, 5.74) is 3.74. The van der Waals surface area contributed by atoms with E-state index in [0.717, 1.165) is 17.7 Å². The molecule has 18 heavy (non-hydrogen) atoms. The third-order valence-corrected chi connectivity index (χ3v) is 3.41. The van der Waals surface area contributed by atoms with Gasteiger partial charge in [-0.3, -0.25) is 0 Å². The van der Waals surface area contributed by atoms with Gasteiger partial charge in [-0.15, -0.1) is 0 Å². The normalized spacial score (nSPS) is 12.1. The van der Waals surface area contributed by atoms with Gasteiger partial charge in [0.25, 0.3) is 0 Å². The van der Waals surface area contributed by atoms with Gasteiger partial charge in [0.15, 0.2) is 5.69 Å². The number of imidazole rings is 1. The second-order valence-electron chi connectivity index (χ2n) is 4.60. The SMILES string of the molecule is CCC(C)c1ccc(-c2c(C#N)ncn2C)cc1. The van der Waals surface area contributed by atoms with Crippen molar-refractivity contribution in [3.63, 3.8) is 0 Å². The van der Waals surface area contributed by atoms with E-state index in [2.05, 4.69) is 49.2 Å². The molecule has 0 radical (unpaired) electrons. The predicted molar refractivity (Wildman–Crippen MR) is 72.1 cm³/mol. The van der Waals surface area contributed by atoms with Crippen LogP contribution in [0, 0.1) is 11.3 Å². The van der Waals surface area contributed by atoms with Crippen molar-refractivity contribution in [1.29, 1.82) is 5.26 Å². The Morgan fingerprint density at radius 1 is 1.33 bits per heavy atom. The molecule has 3 nitrogen and oxygen atoms in total. The fourth-order valence-corrected chi connectivity index (χ4v) is 2.06. The molecule has 1 unspecified atom stereocenters. The standard InChI is InChI=1S/C15H17N3/c1-4-11(2)12-5-7-13(8-6-12)15-14(9-16)17-10-18(15)3/h5-8,10-11H,4H2,1-3H3. The lowest BCUT2D eigenvalue weighted by atomic mass is 9.97. The third kappa shape index (κ3) is 2.14. The molecule has 0 bridgehead atoms. The quantitative estimate of drug-likeness (QED) is 0.823. The summed E-state index contributed by atoms with van der Waals surface area (Å²) in [4.78, 5) is 4.09. The van der Waals surface area contributed by atoms with E-state index >= 15 is 0 Å². The molecule has 0 saturated carbocycles. The first-order valence-electron chi connectivity index (χ1n) is 6.19. The zero-order valence-electron chi connectivity index (χ0n) is 11.0. The largest absolute Gasteiger partial charge is 0.333 e. The molecule has 0 amide bonds. The summed E-state index contributed by atoms with van der Waals surface area (Å²) in [6, 6.07) is 10.5. The maximum Gasteiger partial charge on any atom is 0.166 e. The Morgan fingerprint density at radius 3 is 2.56 bits per heavy atom. The zero-order valence-corrected chi connectivity index (χ0v) is 11.0. The lowest BCUT2D eigenvalue weighted by molar-refractivity contribution is 0.734. The van der Waals surface area contributed by atoms with E-state index in [1.165, 1.54) is 5.56 Å². The average molecular weight is 239 g/mol. The van der Waals surface area contributed by atoms with E-state index < -0.39 is 0 Å². The van der Waals surface area contributed by atoms with E-state index in [4.69, 9.17) is 5.26 Å². The maximum atomic E-state index is 9.05. The van der Waals surface area contributed by atoms with Gasteiger partial charge >= 0.3 is 0 Å². The Kier molecular flexibility index (Phi) is 3.47. The van der Waals surface area contributed by atoms with Crippen LogP contribution < -0.4 is 0 Å². The van der Waals surface area contributed by atoms with Gasteiger partial charge in [0, 0.05) is 12.6 Å². The Bertz CT molecular complexity index is 573. The number of hydrogen-bond acceptors (Lipinski definition) is 2. The van der Waals surface area contributed by atoms with Crippen molar-refractivity contribution in [2.24, 2.45) is 7.05 Å². The second kappa shape index (κ2) is 5.05.